The minimum atomic E-state index is -3.55. The molecule has 2 unspecified atom stereocenters. The molecule has 90 valence electrons. The Morgan fingerprint density at radius 3 is 2.75 bits per heavy atom. The molecule has 0 bridgehead atoms. The predicted molar refractivity (Wildman–Crippen MR) is 60.2 cm³/mol. The lowest BCUT2D eigenvalue weighted by Crippen LogP contribution is -2.26. The van der Waals surface area contributed by atoms with Crippen molar-refractivity contribution in [3.05, 3.63) is 16.5 Å². The van der Waals surface area contributed by atoms with Gasteiger partial charge in [0, 0.05) is 12.1 Å². The molecule has 1 aliphatic rings. The molecular weight excluding hydrogens is 298 g/mol. The van der Waals surface area contributed by atoms with E-state index in [-0.39, 0.29) is 28.0 Å². The lowest BCUT2D eigenvalue weighted by molar-refractivity contribution is 0.245. The van der Waals surface area contributed by atoms with Crippen molar-refractivity contribution < 1.29 is 17.9 Å². The third-order valence-electron chi connectivity index (χ3n) is 2.57. The third-order valence-corrected chi connectivity index (χ3v) is 4.91. The highest BCUT2D eigenvalue weighted by molar-refractivity contribution is 9.10. The number of hydrogen-bond donors (Lipinski definition) is 2. The summed E-state index contributed by atoms with van der Waals surface area (Å²) in [5.74, 6) is 0.605. The molecule has 7 heteroatoms. The van der Waals surface area contributed by atoms with E-state index in [1.807, 2.05) is 6.92 Å². The fraction of sp³-hybridized carbons (Fsp3) is 0.556. The summed E-state index contributed by atoms with van der Waals surface area (Å²) in [6, 6.07) is 1.34. The van der Waals surface area contributed by atoms with E-state index in [1.54, 1.807) is 0 Å². The summed E-state index contributed by atoms with van der Waals surface area (Å²) in [6.07, 6.45) is 0.863. The number of nitrogens with one attached hydrogen (secondary N) is 1. The second kappa shape index (κ2) is 4.14. The van der Waals surface area contributed by atoms with Crippen LogP contribution in [0.3, 0.4) is 0 Å². The fourth-order valence-electron chi connectivity index (χ4n) is 1.41. The Bertz CT molecular complexity index is 496. The van der Waals surface area contributed by atoms with E-state index in [9.17, 15) is 8.42 Å². The fourth-order valence-corrected chi connectivity index (χ4v) is 3.76. The van der Waals surface area contributed by atoms with Gasteiger partial charge in [0.05, 0.1) is 0 Å². The zero-order valence-corrected chi connectivity index (χ0v) is 11.0. The number of furan rings is 1. The standard InChI is InChI=1S/C9H12BrNO4S/c1-5-2-7(5)11-16(13,14)8-3-6(4-12)15-9(8)10/h3,5,7,11-12H,2,4H2,1H3. The van der Waals surface area contributed by atoms with Gasteiger partial charge in [-0.3, -0.25) is 0 Å². The molecule has 0 amide bonds. The van der Waals surface area contributed by atoms with Crippen LogP contribution in [0.15, 0.2) is 20.0 Å². The zero-order valence-electron chi connectivity index (χ0n) is 8.60. The largest absolute Gasteiger partial charge is 0.450 e. The van der Waals surface area contributed by atoms with Crippen molar-refractivity contribution in [1.82, 2.24) is 4.72 Å². The molecule has 2 rings (SSSR count). The second-order valence-corrected chi connectivity index (χ2v) is 6.35. The Morgan fingerprint density at radius 1 is 1.69 bits per heavy atom. The van der Waals surface area contributed by atoms with E-state index in [4.69, 9.17) is 9.52 Å². The van der Waals surface area contributed by atoms with Crippen LogP contribution in [0, 0.1) is 5.92 Å². The molecule has 1 aromatic heterocycles. The van der Waals surface area contributed by atoms with Gasteiger partial charge in [0.2, 0.25) is 10.0 Å². The Morgan fingerprint density at radius 2 is 2.31 bits per heavy atom. The first kappa shape index (κ1) is 12.1. The number of halogens is 1. The number of aliphatic hydroxyl groups is 1. The van der Waals surface area contributed by atoms with Crippen molar-refractivity contribution >= 4 is 26.0 Å². The molecule has 0 saturated heterocycles. The van der Waals surface area contributed by atoms with E-state index in [1.165, 1.54) is 6.07 Å². The average Bonchev–Trinajstić information content (AvgIpc) is 2.74. The van der Waals surface area contributed by atoms with Gasteiger partial charge in [-0.25, -0.2) is 13.1 Å². The topological polar surface area (TPSA) is 79.5 Å². The van der Waals surface area contributed by atoms with Crippen LogP contribution >= 0.6 is 15.9 Å². The smallest absolute Gasteiger partial charge is 0.245 e. The average molecular weight is 310 g/mol. The molecule has 1 aromatic rings. The van der Waals surface area contributed by atoms with Gasteiger partial charge in [-0.15, -0.1) is 0 Å². The molecule has 2 atom stereocenters. The van der Waals surface area contributed by atoms with Crippen LogP contribution in [0.1, 0.15) is 19.1 Å². The minimum absolute atomic E-state index is 0.0179. The van der Waals surface area contributed by atoms with E-state index in [0.29, 0.717) is 5.92 Å². The van der Waals surface area contributed by atoms with Crippen LogP contribution in [-0.4, -0.2) is 19.6 Å². The first-order valence-corrected chi connectivity index (χ1v) is 7.13. The Hall–Kier alpha value is -0.370. The second-order valence-electron chi connectivity index (χ2n) is 3.95. The van der Waals surface area contributed by atoms with Crippen LogP contribution in [0.25, 0.3) is 0 Å². The summed E-state index contributed by atoms with van der Waals surface area (Å²) in [7, 11) is -3.55. The van der Waals surface area contributed by atoms with Gasteiger partial charge >= 0.3 is 0 Å². The predicted octanol–water partition coefficient (Wildman–Crippen LogP) is 1.22. The highest BCUT2D eigenvalue weighted by atomic mass is 79.9. The molecule has 1 heterocycles. The third kappa shape index (κ3) is 2.32. The van der Waals surface area contributed by atoms with Gasteiger partial charge in [0.25, 0.3) is 0 Å². The summed E-state index contributed by atoms with van der Waals surface area (Å²) < 4.78 is 31.5. The van der Waals surface area contributed by atoms with E-state index < -0.39 is 10.0 Å². The molecular formula is C9H12BrNO4S. The Balaban J connectivity index is 2.24. The van der Waals surface area contributed by atoms with Crippen LogP contribution in [-0.2, 0) is 16.6 Å². The maximum absolute atomic E-state index is 11.9. The van der Waals surface area contributed by atoms with E-state index in [0.717, 1.165) is 6.42 Å². The molecule has 0 aromatic carbocycles. The van der Waals surface area contributed by atoms with Gasteiger partial charge in [0.15, 0.2) is 4.67 Å². The summed E-state index contributed by atoms with van der Waals surface area (Å²) >= 11 is 3.02. The molecule has 0 radical (unpaired) electrons. The molecule has 0 spiro atoms. The van der Waals surface area contributed by atoms with Gasteiger partial charge < -0.3 is 9.52 Å². The number of hydrogen-bond acceptors (Lipinski definition) is 4. The Labute approximate surface area is 102 Å². The molecule has 1 fully saturated rings. The maximum Gasteiger partial charge on any atom is 0.245 e. The SMILES string of the molecule is CC1CC1NS(=O)(=O)c1cc(CO)oc1Br. The monoisotopic (exact) mass is 309 g/mol. The molecule has 1 saturated carbocycles. The van der Waals surface area contributed by atoms with Crippen LogP contribution in [0.5, 0.6) is 0 Å². The molecule has 16 heavy (non-hydrogen) atoms. The quantitative estimate of drug-likeness (QED) is 0.876. The van der Waals surface area contributed by atoms with E-state index in [2.05, 4.69) is 20.7 Å². The molecule has 2 N–H and O–H groups in total. The van der Waals surface area contributed by atoms with E-state index >= 15 is 0 Å². The van der Waals surface area contributed by atoms with Crippen LogP contribution in [0.2, 0.25) is 0 Å². The van der Waals surface area contributed by atoms with Gasteiger partial charge in [-0.2, -0.15) is 0 Å². The normalized spacial score (nSPS) is 24.7. The van der Waals surface area contributed by atoms with Gasteiger partial charge in [0.1, 0.15) is 17.3 Å². The lowest BCUT2D eigenvalue weighted by atomic mass is 10.5. The van der Waals surface area contributed by atoms with Crippen molar-refractivity contribution in [2.75, 3.05) is 0 Å². The number of sulfonamides is 1. The summed E-state index contributed by atoms with van der Waals surface area (Å²) in [5.41, 5.74) is 0. The van der Waals surface area contributed by atoms with Crippen LogP contribution in [0.4, 0.5) is 0 Å². The molecule has 0 aliphatic heterocycles. The van der Waals surface area contributed by atoms with Crippen LogP contribution < -0.4 is 4.72 Å². The first-order chi connectivity index (χ1) is 7.44. The van der Waals surface area contributed by atoms with Gasteiger partial charge in [-0.05, 0) is 28.3 Å². The van der Waals surface area contributed by atoms with Crippen molar-refractivity contribution in [3.63, 3.8) is 0 Å². The summed E-state index contributed by atoms with van der Waals surface area (Å²) in [6.45, 7) is 1.66. The highest BCUT2D eigenvalue weighted by Gasteiger charge is 2.37. The maximum atomic E-state index is 11.9. The lowest BCUT2D eigenvalue weighted by Gasteiger charge is -2.02. The van der Waals surface area contributed by atoms with Crippen molar-refractivity contribution in [2.24, 2.45) is 5.92 Å². The van der Waals surface area contributed by atoms with Gasteiger partial charge in [-0.1, -0.05) is 6.92 Å². The number of aliphatic hydroxyl groups excluding tert-OH is 1. The van der Waals surface area contributed by atoms with Crippen molar-refractivity contribution in [3.8, 4) is 0 Å². The minimum Gasteiger partial charge on any atom is -0.450 e. The summed E-state index contributed by atoms with van der Waals surface area (Å²) in [4.78, 5) is 0.0376. The molecule has 5 nitrogen and oxygen atoms in total. The summed E-state index contributed by atoms with van der Waals surface area (Å²) in [5, 5.41) is 8.85. The molecule has 1 aliphatic carbocycles. The van der Waals surface area contributed by atoms with Crippen molar-refractivity contribution in [2.45, 2.75) is 30.9 Å². The highest BCUT2D eigenvalue weighted by Crippen LogP contribution is 2.32. The first-order valence-electron chi connectivity index (χ1n) is 4.85. The van der Waals surface area contributed by atoms with Crippen molar-refractivity contribution in [1.29, 1.82) is 0 Å². The zero-order chi connectivity index (χ0) is 11.9. The number of rotatable bonds is 4. The Kier molecular flexibility index (Phi) is 3.13.